The van der Waals surface area contributed by atoms with Crippen molar-refractivity contribution in [1.29, 1.82) is 0 Å². The SMILES string of the molecule is Cn1cc(NC(=O)CCC(C)(C)N)cn1. The van der Waals surface area contributed by atoms with E-state index < -0.39 is 0 Å². The van der Waals surface area contributed by atoms with Gasteiger partial charge in [0.25, 0.3) is 0 Å². The lowest BCUT2D eigenvalue weighted by Gasteiger charge is -2.17. The van der Waals surface area contributed by atoms with Crippen molar-refractivity contribution in [3.63, 3.8) is 0 Å². The Labute approximate surface area is 89.6 Å². The molecular weight excluding hydrogens is 192 g/mol. The van der Waals surface area contributed by atoms with Crippen molar-refractivity contribution in [2.24, 2.45) is 12.8 Å². The van der Waals surface area contributed by atoms with Crippen LogP contribution in [0.3, 0.4) is 0 Å². The van der Waals surface area contributed by atoms with Crippen molar-refractivity contribution < 1.29 is 4.79 Å². The summed E-state index contributed by atoms with van der Waals surface area (Å²) in [4.78, 5) is 11.5. The van der Waals surface area contributed by atoms with Gasteiger partial charge in [0.1, 0.15) is 0 Å². The van der Waals surface area contributed by atoms with Crippen molar-refractivity contribution >= 4 is 11.6 Å². The molecule has 0 bridgehead atoms. The van der Waals surface area contributed by atoms with Crippen molar-refractivity contribution in [1.82, 2.24) is 9.78 Å². The van der Waals surface area contributed by atoms with E-state index in [9.17, 15) is 4.79 Å². The summed E-state index contributed by atoms with van der Waals surface area (Å²) in [6, 6.07) is 0. The van der Waals surface area contributed by atoms with E-state index in [1.54, 1.807) is 24.1 Å². The maximum absolute atomic E-state index is 11.5. The number of carbonyl (C=O) groups excluding carboxylic acids is 1. The van der Waals surface area contributed by atoms with E-state index in [0.29, 0.717) is 12.8 Å². The van der Waals surface area contributed by atoms with E-state index in [-0.39, 0.29) is 11.4 Å². The number of hydrogen-bond donors (Lipinski definition) is 2. The zero-order valence-electron chi connectivity index (χ0n) is 9.45. The highest BCUT2D eigenvalue weighted by atomic mass is 16.1. The smallest absolute Gasteiger partial charge is 0.224 e. The largest absolute Gasteiger partial charge is 0.326 e. The van der Waals surface area contributed by atoms with Crippen LogP contribution in [0.2, 0.25) is 0 Å². The van der Waals surface area contributed by atoms with Crippen molar-refractivity contribution in [2.45, 2.75) is 32.2 Å². The fourth-order valence-corrected chi connectivity index (χ4v) is 1.14. The Balaban J connectivity index is 2.37. The fraction of sp³-hybridized carbons (Fsp3) is 0.600. The third kappa shape index (κ3) is 4.60. The number of aryl methyl sites for hydroxylation is 1. The second-order valence-electron chi connectivity index (χ2n) is 4.44. The first kappa shape index (κ1) is 11.7. The van der Waals surface area contributed by atoms with Gasteiger partial charge in [0.15, 0.2) is 0 Å². The predicted molar refractivity (Wildman–Crippen MR) is 59.3 cm³/mol. The Bertz CT molecular complexity index is 337. The number of carbonyl (C=O) groups is 1. The van der Waals surface area contributed by atoms with Gasteiger partial charge in [-0.25, -0.2) is 0 Å². The molecule has 0 spiro atoms. The molecule has 1 heterocycles. The van der Waals surface area contributed by atoms with E-state index >= 15 is 0 Å². The number of hydrogen-bond acceptors (Lipinski definition) is 3. The Morgan fingerprint density at radius 1 is 1.67 bits per heavy atom. The standard InChI is InChI=1S/C10H18N4O/c1-10(2,11)5-4-9(15)13-8-6-12-14(3)7-8/h6-7H,4-5,11H2,1-3H3,(H,13,15). The Hall–Kier alpha value is -1.36. The third-order valence-corrected chi connectivity index (χ3v) is 1.99. The number of nitrogens with two attached hydrogens (primary N) is 1. The van der Waals surface area contributed by atoms with Crippen molar-refractivity contribution in [3.8, 4) is 0 Å². The average Bonchev–Trinajstić information content (AvgIpc) is 2.47. The summed E-state index contributed by atoms with van der Waals surface area (Å²) in [7, 11) is 1.80. The van der Waals surface area contributed by atoms with Gasteiger partial charge in [-0.05, 0) is 20.3 Å². The van der Waals surface area contributed by atoms with Crippen LogP contribution in [-0.4, -0.2) is 21.2 Å². The molecule has 1 aromatic rings. The number of anilines is 1. The van der Waals surface area contributed by atoms with E-state index in [4.69, 9.17) is 5.73 Å². The molecule has 0 aromatic carbocycles. The summed E-state index contributed by atoms with van der Waals surface area (Å²) in [6.07, 6.45) is 4.47. The normalized spacial score (nSPS) is 11.5. The van der Waals surface area contributed by atoms with Gasteiger partial charge in [0.2, 0.25) is 5.91 Å². The summed E-state index contributed by atoms with van der Waals surface area (Å²) in [5.74, 6) is -0.0264. The van der Waals surface area contributed by atoms with Crippen molar-refractivity contribution in [2.75, 3.05) is 5.32 Å². The topological polar surface area (TPSA) is 72.9 Å². The highest BCUT2D eigenvalue weighted by Crippen LogP contribution is 2.09. The maximum atomic E-state index is 11.5. The average molecular weight is 210 g/mol. The van der Waals surface area contributed by atoms with Gasteiger partial charge < -0.3 is 11.1 Å². The van der Waals surface area contributed by atoms with Crippen LogP contribution in [0.1, 0.15) is 26.7 Å². The zero-order chi connectivity index (χ0) is 11.5. The molecule has 3 N–H and O–H groups in total. The van der Waals surface area contributed by atoms with Gasteiger partial charge in [0.05, 0.1) is 11.9 Å². The molecule has 0 aliphatic rings. The van der Waals surface area contributed by atoms with Gasteiger partial charge in [-0.3, -0.25) is 9.48 Å². The van der Waals surface area contributed by atoms with Crippen LogP contribution in [0.5, 0.6) is 0 Å². The van der Waals surface area contributed by atoms with E-state index in [1.807, 2.05) is 13.8 Å². The van der Waals surface area contributed by atoms with Crippen LogP contribution in [-0.2, 0) is 11.8 Å². The number of amides is 1. The first-order valence-electron chi connectivity index (χ1n) is 4.94. The molecule has 5 nitrogen and oxygen atoms in total. The molecule has 1 rings (SSSR count). The molecule has 0 unspecified atom stereocenters. The van der Waals surface area contributed by atoms with Gasteiger partial charge in [-0.1, -0.05) is 0 Å². The Kier molecular flexibility index (Phi) is 3.47. The minimum atomic E-state index is -0.299. The lowest BCUT2D eigenvalue weighted by Crippen LogP contribution is -2.33. The fourth-order valence-electron chi connectivity index (χ4n) is 1.14. The van der Waals surface area contributed by atoms with Crippen LogP contribution in [0.25, 0.3) is 0 Å². The molecule has 0 fully saturated rings. The Morgan fingerprint density at radius 2 is 2.33 bits per heavy atom. The summed E-state index contributed by atoms with van der Waals surface area (Å²) >= 11 is 0. The number of nitrogens with zero attached hydrogens (tertiary/aromatic N) is 2. The highest BCUT2D eigenvalue weighted by Gasteiger charge is 2.13. The molecule has 5 heteroatoms. The Morgan fingerprint density at radius 3 is 2.80 bits per heavy atom. The minimum Gasteiger partial charge on any atom is -0.326 e. The summed E-state index contributed by atoms with van der Waals surface area (Å²) in [5.41, 5.74) is 6.21. The molecule has 0 aliphatic carbocycles. The molecule has 0 saturated carbocycles. The van der Waals surface area contributed by atoms with E-state index in [1.165, 1.54) is 0 Å². The lowest BCUT2D eigenvalue weighted by molar-refractivity contribution is -0.116. The maximum Gasteiger partial charge on any atom is 0.224 e. The van der Waals surface area contributed by atoms with Crippen molar-refractivity contribution in [3.05, 3.63) is 12.4 Å². The van der Waals surface area contributed by atoms with Gasteiger partial charge in [0, 0.05) is 25.2 Å². The number of nitrogens with one attached hydrogen (secondary N) is 1. The van der Waals surface area contributed by atoms with E-state index in [2.05, 4.69) is 10.4 Å². The molecule has 0 radical (unpaired) electrons. The van der Waals surface area contributed by atoms with Crippen LogP contribution >= 0.6 is 0 Å². The molecule has 84 valence electrons. The summed E-state index contributed by atoms with van der Waals surface area (Å²) in [6.45, 7) is 3.81. The second-order valence-corrected chi connectivity index (χ2v) is 4.44. The minimum absolute atomic E-state index is 0.0264. The van der Waals surface area contributed by atoms with Gasteiger partial charge in [-0.15, -0.1) is 0 Å². The molecule has 0 aliphatic heterocycles. The lowest BCUT2D eigenvalue weighted by atomic mass is 10.00. The monoisotopic (exact) mass is 210 g/mol. The number of rotatable bonds is 4. The molecule has 1 amide bonds. The summed E-state index contributed by atoms with van der Waals surface area (Å²) in [5, 5.41) is 6.71. The highest BCUT2D eigenvalue weighted by molar-refractivity contribution is 5.90. The van der Waals surface area contributed by atoms with Crippen LogP contribution in [0.4, 0.5) is 5.69 Å². The first-order valence-corrected chi connectivity index (χ1v) is 4.94. The predicted octanol–water partition coefficient (Wildman–Crippen LogP) is 0.876. The van der Waals surface area contributed by atoms with Crippen LogP contribution in [0, 0.1) is 0 Å². The van der Waals surface area contributed by atoms with Gasteiger partial charge in [-0.2, -0.15) is 5.10 Å². The van der Waals surface area contributed by atoms with Crippen LogP contribution < -0.4 is 11.1 Å². The zero-order valence-corrected chi connectivity index (χ0v) is 9.45. The van der Waals surface area contributed by atoms with E-state index in [0.717, 1.165) is 5.69 Å². The molecule has 0 atom stereocenters. The summed E-state index contributed by atoms with van der Waals surface area (Å²) < 4.78 is 1.64. The quantitative estimate of drug-likeness (QED) is 0.774. The third-order valence-electron chi connectivity index (χ3n) is 1.99. The van der Waals surface area contributed by atoms with Gasteiger partial charge >= 0.3 is 0 Å². The second kappa shape index (κ2) is 4.44. The van der Waals surface area contributed by atoms with Crippen LogP contribution in [0.15, 0.2) is 12.4 Å². The molecule has 15 heavy (non-hydrogen) atoms. The molecular formula is C10H18N4O. The molecule has 1 aromatic heterocycles. The molecule has 0 saturated heterocycles. The number of aromatic nitrogens is 2. The first-order chi connectivity index (χ1) is 6.87.